The lowest BCUT2D eigenvalue weighted by Gasteiger charge is -2.50. The molecule has 3 saturated heterocycles. The molecular formula is C22H28ClN3O2S. The molecule has 0 unspecified atom stereocenters. The number of anilines is 1. The molecule has 7 heteroatoms. The van der Waals surface area contributed by atoms with Crippen LogP contribution in [0.25, 0.3) is 0 Å². The number of para-hydroxylation sites is 1. The molecule has 5 rings (SSSR count). The standard InChI is InChI=1S/C22H28ClN3O2S/c1-25(20-5-3-2-4-6-20)15-18-16-26-12-11-17(18)13-21(26)14-24-29(27,28)22-9-7-19(23)8-10-22/h2-10,17-18,21,24H,11-16H2,1H3/t17-,18-,21+/m0/s1. The number of fused-ring (bicyclic) bond motifs is 3. The Morgan fingerprint density at radius 3 is 2.52 bits per heavy atom. The lowest BCUT2D eigenvalue weighted by Crippen LogP contribution is -2.58. The largest absolute Gasteiger partial charge is 0.374 e. The zero-order valence-electron chi connectivity index (χ0n) is 16.7. The van der Waals surface area contributed by atoms with Crippen molar-refractivity contribution in [3.05, 3.63) is 59.6 Å². The van der Waals surface area contributed by atoms with Gasteiger partial charge in [0.1, 0.15) is 0 Å². The first-order chi connectivity index (χ1) is 13.9. The van der Waals surface area contributed by atoms with Crippen molar-refractivity contribution in [3.8, 4) is 0 Å². The van der Waals surface area contributed by atoms with Crippen LogP contribution in [-0.4, -0.2) is 52.6 Å². The van der Waals surface area contributed by atoms with E-state index in [2.05, 4.69) is 45.8 Å². The van der Waals surface area contributed by atoms with Gasteiger partial charge in [-0.05, 0) is 67.6 Å². The molecule has 3 aliphatic rings. The van der Waals surface area contributed by atoms with E-state index in [-0.39, 0.29) is 10.9 Å². The molecule has 1 N–H and O–H groups in total. The van der Waals surface area contributed by atoms with Gasteiger partial charge in [-0.3, -0.25) is 4.90 Å². The van der Waals surface area contributed by atoms with E-state index < -0.39 is 10.0 Å². The van der Waals surface area contributed by atoms with Gasteiger partial charge in [-0.1, -0.05) is 29.8 Å². The average molecular weight is 434 g/mol. The topological polar surface area (TPSA) is 52.6 Å². The highest BCUT2D eigenvalue weighted by Gasteiger charge is 2.40. The van der Waals surface area contributed by atoms with E-state index in [1.165, 1.54) is 12.1 Å². The fraction of sp³-hybridized carbons (Fsp3) is 0.455. The van der Waals surface area contributed by atoms with Gasteiger partial charge in [-0.15, -0.1) is 0 Å². The van der Waals surface area contributed by atoms with Crippen LogP contribution in [0.5, 0.6) is 0 Å². The lowest BCUT2D eigenvalue weighted by molar-refractivity contribution is 0.00693. The third-order valence-electron chi connectivity index (χ3n) is 6.35. The van der Waals surface area contributed by atoms with Gasteiger partial charge in [-0.2, -0.15) is 0 Å². The molecule has 0 radical (unpaired) electrons. The summed E-state index contributed by atoms with van der Waals surface area (Å²) in [6.45, 7) is 3.59. The number of rotatable bonds is 7. The zero-order valence-corrected chi connectivity index (χ0v) is 18.2. The summed E-state index contributed by atoms with van der Waals surface area (Å²) in [5.74, 6) is 1.27. The van der Waals surface area contributed by atoms with Crippen molar-refractivity contribution in [2.24, 2.45) is 11.8 Å². The van der Waals surface area contributed by atoms with Crippen molar-refractivity contribution in [2.75, 3.05) is 38.1 Å². The number of halogens is 1. The Morgan fingerprint density at radius 1 is 1.14 bits per heavy atom. The van der Waals surface area contributed by atoms with E-state index in [1.807, 2.05) is 6.07 Å². The fourth-order valence-corrected chi connectivity index (χ4v) is 5.91. The summed E-state index contributed by atoms with van der Waals surface area (Å²) in [6.07, 6.45) is 2.25. The highest BCUT2D eigenvalue weighted by molar-refractivity contribution is 7.89. The third kappa shape index (κ3) is 4.77. The van der Waals surface area contributed by atoms with E-state index in [0.717, 1.165) is 26.1 Å². The van der Waals surface area contributed by atoms with Crippen molar-refractivity contribution >= 4 is 27.3 Å². The Labute approximate surface area is 178 Å². The van der Waals surface area contributed by atoms with Crippen molar-refractivity contribution in [1.82, 2.24) is 9.62 Å². The van der Waals surface area contributed by atoms with E-state index in [0.29, 0.717) is 23.4 Å². The molecule has 3 heterocycles. The summed E-state index contributed by atoms with van der Waals surface area (Å²) >= 11 is 5.87. The zero-order chi connectivity index (χ0) is 20.4. The van der Waals surface area contributed by atoms with Crippen molar-refractivity contribution in [2.45, 2.75) is 23.8 Å². The molecular weight excluding hydrogens is 406 g/mol. The first kappa shape index (κ1) is 20.7. The van der Waals surface area contributed by atoms with Gasteiger partial charge < -0.3 is 4.90 Å². The van der Waals surface area contributed by atoms with Crippen LogP contribution in [0, 0.1) is 11.8 Å². The van der Waals surface area contributed by atoms with Gasteiger partial charge in [0.2, 0.25) is 10.0 Å². The first-order valence-corrected chi connectivity index (χ1v) is 12.0. The van der Waals surface area contributed by atoms with Gasteiger partial charge in [0.15, 0.2) is 0 Å². The van der Waals surface area contributed by atoms with Crippen LogP contribution in [0.4, 0.5) is 5.69 Å². The average Bonchev–Trinajstić information content (AvgIpc) is 2.74. The SMILES string of the molecule is CN(C[C@H]1C[N@]2CC[C@H]1C[C@@H]2CNS(=O)(=O)c1ccc(Cl)cc1)c1ccccc1. The Bertz CT molecular complexity index is 921. The van der Waals surface area contributed by atoms with Crippen molar-refractivity contribution in [3.63, 3.8) is 0 Å². The third-order valence-corrected chi connectivity index (χ3v) is 8.04. The minimum absolute atomic E-state index is 0.264. The molecule has 0 aromatic heterocycles. The summed E-state index contributed by atoms with van der Waals surface area (Å²) in [5.41, 5.74) is 1.25. The first-order valence-electron chi connectivity index (χ1n) is 10.2. The van der Waals surface area contributed by atoms with Crippen LogP contribution in [0.3, 0.4) is 0 Å². The van der Waals surface area contributed by atoms with E-state index in [1.54, 1.807) is 24.3 Å². The maximum atomic E-state index is 12.6. The highest BCUT2D eigenvalue weighted by atomic mass is 35.5. The number of piperidine rings is 3. The lowest BCUT2D eigenvalue weighted by atomic mass is 9.75. The van der Waals surface area contributed by atoms with Gasteiger partial charge in [0.05, 0.1) is 4.90 Å². The van der Waals surface area contributed by atoms with Crippen molar-refractivity contribution < 1.29 is 8.42 Å². The van der Waals surface area contributed by atoms with E-state index >= 15 is 0 Å². The molecule has 2 aromatic rings. The molecule has 0 saturated carbocycles. The Kier molecular flexibility index (Phi) is 6.16. The highest BCUT2D eigenvalue weighted by Crippen LogP contribution is 2.37. The smallest absolute Gasteiger partial charge is 0.240 e. The molecule has 0 spiro atoms. The normalized spacial score (nSPS) is 26.4. The molecule has 5 nitrogen and oxygen atoms in total. The molecule has 2 aromatic carbocycles. The van der Waals surface area contributed by atoms with Crippen LogP contribution >= 0.6 is 11.6 Å². The van der Waals surface area contributed by atoms with Gasteiger partial charge >= 0.3 is 0 Å². The predicted molar refractivity (Wildman–Crippen MR) is 118 cm³/mol. The second-order valence-electron chi connectivity index (χ2n) is 8.22. The van der Waals surface area contributed by atoms with Crippen LogP contribution in [0.2, 0.25) is 5.02 Å². The quantitative estimate of drug-likeness (QED) is 0.726. The summed E-state index contributed by atoms with van der Waals surface area (Å²) in [7, 11) is -1.35. The summed E-state index contributed by atoms with van der Waals surface area (Å²) in [4.78, 5) is 5.07. The van der Waals surface area contributed by atoms with Gasteiger partial charge in [0, 0.05) is 43.4 Å². The van der Waals surface area contributed by atoms with Crippen molar-refractivity contribution in [1.29, 1.82) is 0 Å². The maximum Gasteiger partial charge on any atom is 0.240 e. The molecule has 156 valence electrons. The van der Waals surface area contributed by atoms with Gasteiger partial charge in [-0.25, -0.2) is 13.1 Å². The molecule has 4 atom stereocenters. The minimum Gasteiger partial charge on any atom is -0.374 e. The molecule has 3 aliphatic heterocycles. The van der Waals surface area contributed by atoms with E-state index in [9.17, 15) is 8.42 Å². The molecule has 2 bridgehead atoms. The summed E-state index contributed by atoms with van der Waals surface area (Å²) < 4.78 is 28.0. The summed E-state index contributed by atoms with van der Waals surface area (Å²) in [5, 5.41) is 0.533. The number of hydrogen-bond acceptors (Lipinski definition) is 4. The molecule has 0 amide bonds. The maximum absolute atomic E-state index is 12.6. The second kappa shape index (κ2) is 8.64. The van der Waals surface area contributed by atoms with Crippen LogP contribution in [0.15, 0.2) is 59.5 Å². The molecule has 29 heavy (non-hydrogen) atoms. The number of benzene rings is 2. The number of hydrogen-bond donors (Lipinski definition) is 1. The fourth-order valence-electron chi connectivity index (χ4n) is 4.71. The summed E-state index contributed by atoms with van der Waals surface area (Å²) in [6, 6.07) is 17.1. The Morgan fingerprint density at radius 2 is 1.86 bits per heavy atom. The Balaban J connectivity index is 1.34. The number of nitrogens with zero attached hydrogens (tertiary/aromatic N) is 2. The number of nitrogens with one attached hydrogen (secondary N) is 1. The second-order valence-corrected chi connectivity index (χ2v) is 10.4. The Hall–Kier alpha value is -1.60. The monoisotopic (exact) mass is 433 g/mol. The molecule has 0 aliphatic carbocycles. The van der Waals surface area contributed by atoms with Crippen LogP contribution in [-0.2, 0) is 10.0 Å². The van der Waals surface area contributed by atoms with Crippen LogP contribution in [0.1, 0.15) is 12.8 Å². The van der Waals surface area contributed by atoms with E-state index in [4.69, 9.17) is 11.6 Å². The predicted octanol–water partition coefficient (Wildman–Crippen LogP) is 3.47. The minimum atomic E-state index is -3.51. The van der Waals surface area contributed by atoms with Crippen LogP contribution < -0.4 is 9.62 Å². The van der Waals surface area contributed by atoms with Gasteiger partial charge in [0.25, 0.3) is 0 Å². The number of sulfonamides is 1. The molecule has 3 fully saturated rings.